The van der Waals surface area contributed by atoms with E-state index in [0.29, 0.717) is 17.1 Å². The quantitative estimate of drug-likeness (QED) is 0.883. The molecule has 5 heteroatoms. The predicted octanol–water partition coefficient (Wildman–Crippen LogP) is 2.79. The number of rotatable bonds is 2. The fourth-order valence-electron chi connectivity index (χ4n) is 1.83. The summed E-state index contributed by atoms with van der Waals surface area (Å²) in [5.74, 6) is 0.337. The van der Waals surface area contributed by atoms with Gasteiger partial charge in [0.05, 0.1) is 5.69 Å². The molecule has 2 aromatic rings. The Morgan fingerprint density at radius 2 is 2.11 bits per heavy atom. The number of aryl methyl sites for hydroxylation is 3. The molecule has 1 aromatic carbocycles. The van der Waals surface area contributed by atoms with E-state index in [1.807, 2.05) is 0 Å². The topological polar surface area (TPSA) is 53.6 Å². The number of halogens is 1. The van der Waals surface area contributed by atoms with Crippen molar-refractivity contribution in [2.75, 3.05) is 5.32 Å². The number of nitriles is 1. The van der Waals surface area contributed by atoms with Gasteiger partial charge in [0.25, 0.3) is 0 Å². The van der Waals surface area contributed by atoms with Crippen LogP contribution in [0.3, 0.4) is 0 Å². The molecule has 2 rings (SSSR count). The Labute approximate surface area is 105 Å². The second kappa shape index (κ2) is 4.49. The van der Waals surface area contributed by atoms with Gasteiger partial charge in [-0.25, -0.2) is 4.39 Å². The summed E-state index contributed by atoms with van der Waals surface area (Å²) in [7, 11) is 1.76. The predicted molar refractivity (Wildman–Crippen MR) is 67.1 cm³/mol. The highest BCUT2D eigenvalue weighted by Gasteiger charge is 2.13. The maximum Gasteiger partial charge on any atom is 0.146 e. The molecule has 0 aliphatic rings. The summed E-state index contributed by atoms with van der Waals surface area (Å²) in [5.41, 5.74) is 2.71. The fourth-order valence-corrected chi connectivity index (χ4v) is 1.83. The summed E-state index contributed by atoms with van der Waals surface area (Å²) >= 11 is 0. The number of aromatic nitrogens is 2. The van der Waals surface area contributed by atoms with Gasteiger partial charge in [-0.05, 0) is 37.6 Å². The van der Waals surface area contributed by atoms with Crippen molar-refractivity contribution < 1.29 is 4.39 Å². The third-order valence-corrected chi connectivity index (χ3v) is 2.78. The van der Waals surface area contributed by atoms with E-state index in [0.717, 1.165) is 11.3 Å². The molecule has 0 radical (unpaired) electrons. The van der Waals surface area contributed by atoms with E-state index in [9.17, 15) is 4.39 Å². The minimum atomic E-state index is -0.278. The molecule has 0 fully saturated rings. The second-order valence-electron chi connectivity index (χ2n) is 4.13. The van der Waals surface area contributed by atoms with E-state index in [2.05, 4.69) is 16.5 Å². The lowest BCUT2D eigenvalue weighted by Crippen LogP contribution is -2.01. The third kappa shape index (κ3) is 2.05. The molecule has 1 N–H and O–H groups in total. The molecule has 0 spiro atoms. The van der Waals surface area contributed by atoms with Crippen LogP contribution < -0.4 is 5.32 Å². The zero-order chi connectivity index (χ0) is 13.3. The molecule has 4 nitrogen and oxygen atoms in total. The Morgan fingerprint density at radius 1 is 1.39 bits per heavy atom. The van der Waals surface area contributed by atoms with Gasteiger partial charge in [-0.1, -0.05) is 0 Å². The molecule has 0 saturated carbocycles. The Bertz CT molecular complexity index is 637. The first kappa shape index (κ1) is 12.1. The Kier molecular flexibility index (Phi) is 3.02. The first-order chi connectivity index (χ1) is 8.52. The maximum atomic E-state index is 13.0. The van der Waals surface area contributed by atoms with Gasteiger partial charge >= 0.3 is 0 Å². The van der Waals surface area contributed by atoms with E-state index >= 15 is 0 Å². The van der Waals surface area contributed by atoms with E-state index in [1.165, 1.54) is 12.1 Å². The zero-order valence-corrected chi connectivity index (χ0v) is 10.5. The normalized spacial score (nSPS) is 10.2. The van der Waals surface area contributed by atoms with Crippen LogP contribution in [0.25, 0.3) is 0 Å². The lowest BCUT2D eigenvalue weighted by atomic mass is 10.2. The van der Waals surface area contributed by atoms with Gasteiger partial charge in [0, 0.05) is 12.7 Å². The molecular weight excluding hydrogens is 231 g/mol. The van der Waals surface area contributed by atoms with Crippen LogP contribution in [-0.2, 0) is 7.05 Å². The summed E-state index contributed by atoms with van der Waals surface area (Å²) in [6.45, 7) is 3.59. The highest BCUT2D eigenvalue weighted by atomic mass is 19.1. The Balaban J connectivity index is 2.43. The lowest BCUT2D eigenvalue weighted by Gasteiger charge is -2.10. The molecule has 0 saturated heterocycles. The van der Waals surface area contributed by atoms with E-state index in [-0.39, 0.29) is 5.82 Å². The van der Waals surface area contributed by atoms with Crippen molar-refractivity contribution in [1.29, 1.82) is 5.26 Å². The van der Waals surface area contributed by atoms with Crippen LogP contribution in [0.1, 0.15) is 16.8 Å². The molecule has 92 valence electrons. The van der Waals surface area contributed by atoms with Crippen LogP contribution in [-0.4, -0.2) is 9.78 Å². The van der Waals surface area contributed by atoms with Crippen LogP contribution in [0.2, 0.25) is 0 Å². The van der Waals surface area contributed by atoms with Gasteiger partial charge in [0.1, 0.15) is 23.3 Å². The monoisotopic (exact) mass is 244 g/mol. The average Bonchev–Trinajstić information content (AvgIpc) is 2.57. The van der Waals surface area contributed by atoms with Crippen molar-refractivity contribution in [2.24, 2.45) is 7.05 Å². The van der Waals surface area contributed by atoms with Crippen LogP contribution in [0.15, 0.2) is 18.2 Å². The molecule has 18 heavy (non-hydrogen) atoms. The van der Waals surface area contributed by atoms with Gasteiger partial charge in [-0.3, -0.25) is 4.68 Å². The molecule has 0 unspecified atom stereocenters. The average molecular weight is 244 g/mol. The summed E-state index contributed by atoms with van der Waals surface area (Å²) in [6.07, 6.45) is 0. The van der Waals surface area contributed by atoms with Crippen molar-refractivity contribution in [2.45, 2.75) is 13.8 Å². The Hall–Kier alpha value is -2.35. The molecular formula is C13H13FN4. The summed E-state index contributed by atoms with van der Waals surface area (Å²) < 4.78 is 14.6. The van der Waals surface area contributed by atoms with Crippen LogP contribution in [0.4, 0.5) is 15.9 Å². The minimum Gasteiger partial charge on any atom is -0.339 e. The largest absolute Gasteiger partial charge is 0.339 e. The van der Waals surface area contributed by atoms with Crippen molar-refractivity contribution in [3.8, 4) is 6.07 Å². The number of nitrogens with one attached hydrogen (secondary N) is 1. The first-order valence-corrected chi connectivity index (χ1v) is 5.50. The van der Waals surface area contributed by atoms with Gasteiger partial charge in [-0.15, -0.1) is 0 Å². The molecule has 1 aromatic heterocycles. The number of nitrogens with zero attached hydrogens (tertiary/aromatic N) is 3. The molecule has 0 amide bonds. The van der Waals surface area contributed by atoms with Crippen molar-refractivity contribution in [3.05, 3.63) is 40.8 Å². The number of hydrogen-bond acceptors (Lipinski definition) is 3. The number of benzene rings is 1. The lowest BCUT2D eigenvalue weighted by molar-refractivity contribution is 0.627. The van der Waals surface area contributed by atoms with Crippen molar-refractivity contribution in [1.82, 2.24) is 9.78 Å². The highest BCUT2D eigenvalue weighted by molar-refractivity contribution is 5.66. The molecule has 0 atom stereocenters. The Morgan fingerprint density at radius 3 is 2.72 bits per heavy atom. The third-order valence-electron chi connectivity index (χ3n) is 2.78. The van der Waals surface area contributed by atoms with Crippen LogP contribution in [0.5, 0.6) is 0 Å². The van der Waals surface area contributed by atoms with Gasteiger partial charge in [0.15, 0.2) is 0 Å². The minimum absolute atomic E-state index is 0.278. The fraction of sp³-hybridized carbons (Fsp3) is 0.231. The number of anilines is 2. The van der Waals surface area contributed by atoms with Crippen molar-refractivity contribution in [3.63, 3.8) is 0 Å². The first-order valence-electron chi connectivity index (χ1n) is 5.50. The molecule has 1 heterocycles. The molecule has 0 aliphatic carbocycles. The molecule has 0 aliphatic heterocycles. The van der Waals surface area contributed by atoms with Gasteiger partial charge in [0.2, 0.25) is 0 Å². The second-order valence-corrected chi connectivity index (χ2v) is 4.13. The van der Waals surface area contributed by atoms with E-state index in [4.69, 9.17) is 5.26 Å². The van der Waals surface area contributed by atoms with Gasteiger partial charge in [-0.2, -0.15) is 10.4 Å². The van der Waals surface area contributed by atoms with Gasteiger partial charge < -0.3 is 5.32 Å². The summed E-state index contributed by atoms with van der Waals surface area (Å²) in [5, 5.41) is 16.4. The SMILES string of the molecule is Cc1cc(F)ccc1Nc1c(C#N)c(C)nn1C. The standard InChI is InChI=1S/C13H13FN4/c1-8-6-10(14)4-5-12(8)16-13-11(7-15)9(2)17-18(13)3/h4-6,16H,1-3H3. The smallest absolute Gasteiger partial charge is 0.146 e. The van der Waals surface area contributed by atoms with Crippen LogP contribution >= 0.6 is 0 Å². The van der Waals surface area contributed by atoms with Crippen molar-refractivity contribution >= 4 is 11.5 Å². The van der Waals surface area contributed by atoms with Crippen LogP contribution in [0, 0.1) is 31.0 Å². The summed E-state index contributed by atoms with van der Waals surface area (Å²) in [6, 6.07) is 6.58. The highest BCUT2D eigenvalue weighted by Crippen LogP contribution is 2.24. The molecule has 0 bridgehead atoms. The van der Waals surface area contributed by atoms with E-state index in [1.54, 1.807) is 31.6 Å². The number of hydrogen-bond donors (Lipinski definition) is 1. The summed E-state index contributed by atoms with van der Waals surface area (Å²) in [4.78, 5) is 0. The zero-order valence-electron chi connectivity index (χ0n) is 10.5. The van der Waals surface area contributed by atoms with E-state index < -0.39 is 0 Å². The maximum absolute atomic E-state index is 13.0.